The van der Waals surface area contributed by atoms with Crippen LogP contribution in [0.4, 0.5) is 13.2 Å². The van der Waals surface area contributed by atoms with Crippen molar-refractivity contribution < 1.29 is 42.1 Å². The Morgan fingerprint density at radius 2 is 1.72 bits per heavy atom. The number of carbonyl (C=O) groups is 2. The van der Waals surface area contributed by atoms with Gasteiger partial charge in [0.2, 0.25) is 17.7 Å². The molecule has 2 aliphatic rings. The molecule has 54 heavy (non-hydrogen) atoms. The summed E-state index contributed by atoms with van der Waals surface area (Å²) in [5.74, 6) is 0.0882. The van der Waals surface area contributed by atoms with Crippen LogP contribution in [0.3, 0.4) is 0 Å². The van der Waals surface area contributed by atoms with E-state index in [1.54, 1.807) is 53.7 Å². The number of piperazine rings is 1. The van der Waals surface area contributed by atoms with Gasteiger partial charge in [0.25, 0.3) is 0 Å². The first-order chi connectivity index (χ1) is 25.7. The van der Waals surface area contributed by atoms with Crippen LogP contribution in [0.15, 0.2) is 89.6 Å². The molecule has 12 nitrogen and oxygen atoms in total. The van der Waals surface area contributed by atoms with E-state index in [0.717, 1.165) is 5.56 Å². The van der Waals surface area contributed by atoms with E-state index in [0.29, 0.717) is 35.2 Å². The van der Waals surface area contributed by atoms with Crippen LogP contribution in [0, 0.1) is 0 Å². The Bertz CT molecular complexity index is 1880. The van der Waals surface area contributed by atoms with Crippen molar-refractivity contribution in [3.05, 3.63) is 102 Å². The second-order valence-electron chi connectivity index (χ2n) is 14.4. The van der Waals surface area contributed by atoms with E-state index in [1.807, 2.05) is 60.5 Å². The Kier molecular flexibility index (Phi) is 11.7. The summed E-state index contributed by atoms with van der Waals surface area (Å²) in [4.78, 5) is 39.4. The number of aliphatic hydroxyl groups is 2. The zero-order valence-corrected chi connectivity index (χ0v) is 30.1. The van der Waals surface area contributed by atoms with Crippen molar-refractivity contribution in [2.75, 3.05) is 39.3 Å². The molecule has 2 amide bonds. The third-order valence-corrected chi connectivity index (χ3v) is 10.0. The van der Waals surface area contributed by atoms with Gasteiger partial charge in [-0.15, -0.1) is 0 Å². The number of pyridine rings is 1. The van der Waals surface area contributed by atoms with Crippen LogP contribution in [-0.2, 0) is 21.5 Å². The number of oxazole rings is 1. The van der Waals surface area contributed by atoms with Crippen LogP contribution in [0.25, 0.3) is 11.5 Å². The summed E-state index contributed by atoms with van der Waals surface area (Å²) in [5, 5.41) is 27.9. The van der Waals surface area contributed by atoms with Gasteiger partial charge >= 0.3 is 6.18 Å². The lowest BCUT2D eigenvalue weighted by Crippen LogP contribution is -2.65. The summed E-state index contributed by atoms with van der Waals surface area (Å²) < 4.78 is 51.6. The van der Waals surface area contributed by atoms with Gasteiger partial charge in [-0.2, -0.15) is 13.2 Å². The van der Waals surface area contributed by atoms with Gasteiger partial charge in [0.1, 0.15) is 36.7 Å². The molecule has 288 valence electrons. The minimum atomic E-state index is -4.63. The largest absolute Gasteiger partial charge is 0.490 e. The number of alkyl halides is 3. The number of aromatic nitrogens is 2. The fourth-order valence-electron chi connectivity index (χ4n) is 7.08. The highest BCUT2D eigenvalue weighted by Gasteiger charge is 2.44. The van der Waals surface area contributed by atoms with Crippen molar-refractivity contribution in [1.82, 2.24) is 30.4 Å². The molecular formula is C39H45F3N6O6. The van der Waals surface area contributed by atoms with Gasteiger partial charge < -0.3 is 30.0 Å². The number of carbonyl (C=O) groups excluding carboxylic acids is 2. The van der Waals surface area contributed by atoms with Crippen molar-refractivity contribution in [3.63, 3.8) is 0 Å². The average molecular weight is 751 g/mol. The number of hydrogen-bond donors (Lipinski definition) is 4. The smallest absolute Gasteiger partial charge is 0.405 e. The molecule has 2 aromatic heterocycles. The minimum absolute atomic E-state index is 0.000935. The van der Waals surface area contributed by atoms with E-state index in [-0.39, 0.29) is 45.5 Å². The van der Waals surface area contributed by atoms with Crippen LogP contribution < -0.4 is 15.4 Å². The molecule has 0 spiro atoms. The summed E-state index contributed by atoms with van der Waals surface area (Å²) in [5.41, 5.74) is -0.463. The third-order valence-electron chi connectivity index (χ3n) is 10.0. The van der Waals surface area contributed by atoms with Gasteiger partial charge in [-0.05, 0) is 44.0 Å². The highest BCUT2D eigenvalue weighted by atomic mass is 19.4. The summed E-state index contributed by atoms with van der Waals surface area (Å²) in [6.45, 7) is 2.67. The maximum Gasteiger partial charge on any atom is 0.405 e. The molecule has 15 heteroatoms. The summed E-state index contributed by atoms with van der Waals surface area (Å²) in [7, 11) is 0. The quantitative estimate of drug-likeness (QED) is 0.158. The topological polar surface area (TPSA) is 153 Å². The number of hydrogen-bond acceptors (Lipinski definition) is 10. The first kappa shape index (κ1) is 38.9. The number of benzene rings is 2. The fraction of sp³-hybridized carbons (Fsp3) is 0.436. The Morgan fingerprint density at radius 1 is 0.981 bits per heavy atom. The standard InChI is InChI=1S/C39H45F3N6O6/c1-37(2,36-44-21-32(54-36)28-13-8-9-17-43-28)48-19-18-47(29(22-48)35(51)45-24-39(40,41)42)25-38(52,20-26-10-4-3-5-11-26)16-15-33(50)46-34-27-12-6-7-14-31(27)53-23-30(34)49/h3-14,17,21,29-30,34,49,52H,15-16,18-20,22-25H2,1-2H3,(H,45,51)(H,46,50)/t29-,30+,34-,38-/m0/s1. The molecule has 0 radical (unpaired) electrons. The number of para-hydroxylation sites is 1. The van der Waals surface area contributed by atoms with Crippen molar-refractivity contribution in [2.24, 2.45) is 0 Å². The van der Waals surface area contributed by atoms with Crippen LogP contribution >= 0.6 is 0 Å². The third kappa shape index (κ3) is 9.45. The molecule has 2 aromatic carbocycles. The number of amides is 2. The number of rotatable bonds is 13. The Labute approximate surface area is 311 Å². The van der Waals surface area contributed by atoms with Crippen molar-refractivity contribution in [3.8, 4) is 17.2 Å². The molecule has 0 aliphatic carbocycles. The lowest BCUT2D eigenvalue weighted by molar-refractivity contribution is -0.146. The fourth-order valence-corrected chi connectivity index (χ4v) is 7.08. The van der Waals surface area contributed by atoms with Crippen LogP contribution in [0.2, 0.25) is 0 Å². The SMILES string of the molecule is CC(C)(c1ncc(-c2ccccn2)o1)N1CCN(C[C@](O)(CCC(=O)N[C@H]2c3ccccc3OC[C@H]2O)Cc2ccccc2)[C@H](C(=O)NCC(F)(F)F)C1. The number of ether oxygens (including phenoxy) is 1. The predicted octanol–water partition coefficient (Wildman–Crippen LogP) is 4.00. The molecule has 4 heterocycles. The summed E-state index contributed by atoms with van der Waals surface area (Å²) in [6, 6.07) is 19.8. The molecule has 6 rings (SSSR count). The predicted molar refractivity (Wildman–Crippen MR) is 192 cm³/mol. The number of aliphatic hydroxyl groups excluding tert-OH is 1. The molecule has 2 aliphatic heterocycles. The number of fused-ring (bicyclic) bond motifs is 1. The molecule has 0 bridgehead atoms. The van der Waals surface area contributed by atoms with Crippen molar-refractivity contribution >= 4 is 11.8 Å². The van der Waals surface area contributed by atoms with E-state index in [4.69, 9.17) is 9.15 Å². The Balaban J connectivity index is 1.21. The van der Waals surface area contributed by atoms with Gasteiger partial charge in [-0.1, -0.05) is 54.6 Å². The summed E-state index contributed by atoms with van der Waals surface area (Å²) >= 11 is 0. The second kappa shape index (κ2) is 16.3. The Hall–Kier alpha value is -4.83. The molecule has 1 fully saturated rings. The molecule has 4 N–H and O–H groups in total. The maximum atomic E-state index is 13.6. The van der Waals surface area contributed by atoms with Gasteiger partial charge in [0, 0.05) is 50.8 Å². The average Bonchev–Trinajstić information content (AvgIpc) is 3.67. The van der Waals surface area contributed by atoms with Crippen LogP contribution in [0.5, 0.6) is 5.75 Å². The Morgan fingerprint density at radius 3 is 2.46 bits per heavy atom. The monoisotopic (exact) mass is 750 g/mol. The van der Waals surface area contributed by atoms with Gasteiger partial charge in [-0.3, -0.25) is 24.4 Å². The lowest BCUT2D eigenvalue weighted by atomic mass is 9.87. The molecule has 0 saturated carbocycles. The van der Waals surface area contributed by atoms with Gasteiger partial charge in [0.15, 0.2) is 5.76 Å². The van der Waals surface area contributed by atoms with E-state index in [2.05, 4.69) is 15.3 Å². The lowest BCUT2D eigenvalue weighted by Gasteiger charge is -2.48. The molecule has 4 aromatic rings. The highest BCUT2D eigenvalue weighted by Crippen LogP contribution is 2.34. The van der Waals surface area contributed by atoms with E-state index < -0.39 is 53.9 Å². The normalized spacial score (nSPS) is 20.7. The zero-order valence-electron chi connectivity index (χ0n) is 30.1. The van der Waals surface area contributed by atoms with E-state index in [1.165, 1.54) is 0 Å². The first-order valence-corrected chi connectivity index (χ1v) is 17.9. The van der Waals surface area contributed by atoms with E-state index in [9.17, 15) is 33.0 Å². The van der Waals surface area contributed by atoms with Gasteiger partial charge in [0.05, 0.1) is 23.4 Å². The number of β-amino-alcohol motifs (C(OH)–C–C–N with tert-alkyl or cyclic N) is 1. The second-order valence-corrected chi connectivity index (χ2v) is 14.4. The summed E-state index contributed by atoms with van der Waals surface area (Å²) in [6.07, 6.45) is -2.48. The van der Waals surface area contributed by atoms with Crippen LogP contribution in [-0.4, -0.2) is 105 Å². The molecule has 4 atom stereocenters. The minimum Gasteiger partial charge on any atom is -0.490 e. The number of halogens is 3. The first-order valence-electron chi connectivity index (χ1n) is 17.9. The van der Waals surface area contributed by atoms with Gasteiger partial charge in [-0.25, -0.2) is 4.98 Å². The number of nitrogens with one attached hydrogen (secondary N) is 2. The molecular weight excluding hydrogens is 705 g/mol. The number of nitrogens with zero attached hydrogens (tertiary/aromatic N) is 4. The van der Waals surface area contributed by atoms with Crippen molar-refractivity contribution in [2.45, 2.75) is 68.6 Å². The van der Waals surface area contributed by atoms with Crippen LogP contribution in [0.1, 0.15) is 49.7 Å². The molecule has 1 saturated heterocycles. The van der Waals surface area contributed by atoms with E-state index >= 15 is 0 Å². The zero-order chi connectivity index (χ0) is 38.5. The maximum absolute atomic E-state index is 13.6. The van der Waals surface area contributed by atoms with Crippen molar-refractivity contribution in [1.29, 1.82) is 0 Å². The molecule has 0 unspecified atom stereocenters. The highest BCUT2D eigenvalue weighted by molar-refractivity contribution is 5.82.